The van der Waals surface area contributed by atoms with Gasteiger partial charge in [-0.15, -0.1) is 0 Å². The number of hydrogen-bond donors (Lipinski definition) is 1. The summed E-state index contributed by atoms with van der Waals surface area (Å²) < 4.78 is 33.6. The Morgan fingerprint density at radius 1 is 0.630 bits per heavy atom. The normalized spacial score (nSPS) is 13.9. The topological polar surface area (TPSA) is 77.4 Å². The van der Waals surface area contributed by atoms with Crippen molar-refractivity contribution in [3.05, 3.63) is 0 Å². The summed E-state index contributed by atoms with van der Waals surface area (Å²) in [5, 5.41) is 10.1. The molecule has 0 aliphatic carbocycles. The van der Waals surface area contributed by atoms with E-state index < -0.39 is 15.1 Å². The van der Waals surface area contributed by atoms with Crippen LogP contribution in [-0.4, -0.2) is 23.0 Å². The zero-order valence-corrected chi connectivity index (χ0v) is 22.2. The molecule has 27 heavy (non-hydrogen) atoms. The minimum Gasteiger partial charge on any atom is -0.746 e. The Kier molecular flexibility index (Phi) is 22.1. The van der Waals surface area contributed by atoms with Crippen molar-refractivity contribution in [3.63, 3.8) is 0 Å². The molecular weight excluding hydrogens is 387 g/mol. The first-order valence-electron chi connectivity index (χ1n) is 11.0. The monoisotopic (exact) mass is 430 g/mol. The van der Waals surface area contributed by atoms with E-state index in [1.165, 1.54) is 70.6 Å². The Labute approximate surface area is 211 Å². The van der Waals surface area contributed by atoms with Gasteiger partial charge in [0.15, 0.2) is 4.93 Å². The Balaban J connectivity index is 0. The van der Waals surface area contributed by atoms with Crippen molar-refractivity contribution < 1.29 is 69.5 Å². The average Bonchev–Trinajstić information content (AvgIpc) is 2.57. The third-order valence-electron chi connectivity index (χ3n) is 5.28. The van der Waals surface area contributed by atoms with Crippen LogP contribution in [0.1, 0.15) is 129 Å². The second kappa shape index (κ2) is 19.5. The molecule has 0 bridgehead atoms. The first-order valence-corrected chi connectivity index (χ1v) is 12.5. The maximum Gasteiger partial charge on any atom is 1.00 e. The molecule has 0 radical (unpaired) electrons. The third-order valence-corrected chi connectivity index (χ3v) is 6.62. The van der Waals surface area contributed by atoms with E-state index in [9.17, 15) is 18.1 Å². The van der Waals surface area contributed by atoms with E-state index in [1.807, 2.05) is 0 Å². The molecule has 158 valence electrons. The van der Waals surface area contributed by atoms with Crippen LogP contribution in [0.5, 0.6) is 0 Å². The summed E-state index contributed by atoms with van der Waals surface area (Å²) in [7, 11) is -4.64. The Morgan fingerprint density at radius 2 is 0.963 bits per heavy atom. The summed E-state index contributed by atoms with van der Waals surface area (Å²) in [5.74, 6) is 0. The molecule has 0 aliphatic rings. The number of rotatable bonds is 19. The van der Waals surface area contributed by atoms with Crippen LogP contribution < -0.4 is 51.4 Å². The van der Waals surface area contributed by atoms with Crippen LogP contribution >= 0.6 is 0 Å². The van der Waals surface area contributed by atoms with E-state index in [2.05, 4.69) is 6.92 Å². The second-order valence-corrected chi connectivity index (χ2v) is 9.52. The van der Waals surface area contributed by atoms with Gasteiger partial charge in [-0.2, -0.15) is 0 Å². The van der Waals surface area contributed by atoms with Crippen molar-refractivity contribution in [1.82, 2.24) is 0 Å². The van der Waals surface area contributed by atoms with Gasteiger partial charge in [-0.25, -0.2) is 8.42 Å². The fourth-order valence-electron chi connectivity index (χ4n) is 3.54. The van der Waals surface area contributed by atoms with Crippen LogP contribution in [0.25, 0.3) is 0 Å². The molecule has 0 rings (SSSR count). The molecule has 6 heteroatoms. The van der Waals surface area contributed by atoms with E-state index in [4.69, 9.17) is 0 Å². The van der Waals surface area contributed by atoms with Crippen LogP contribution in [0, 0.1) is 0 Å². The third kappa shape index (κ3) is 16.9. The van der Waals surface area contributed by atoms with Crippen molar-refractivity contribution in [1.29, 1.82) is 0 Å². The minimum atomic E-state index is -4.64. The predicted molar refractivity (Wildman–Crippen MR) is 109 cm³/mol. The summed E-state index contributed by atoms with van der Waals surface area (Å²) >= 11 is 0. The molecule has 0 aromatic rings. The second-order valence-electron chi connectivity index (χ2n) is 7.85. The van der Waals surface area contributed by atoms with E-state index in [0.29, 0.717) is 12.8 Å². The van der Waals surface area contributed by atoms with Gasteiger partial charge in [-0.05, 0) is 19.3 Å². The zero-order valence-electron chi connectivity index (χ0n) is 18.3. The molecule has 4 nitrogen and oxygen atoms in total. The molecular formula is C21H43KO4S. The van der Waals surface area contributed by atoms with Gasteiger partial charge in [0.1, 0.15) is 10.1 Å². The van der Waals surface area contributed by atoms with E-state index in [-0.39, 0.29) is 64.2 Å². The van der Waals surface area contributed by atoms with Crippen molar-refractivity contribution >= 4 is 10.1 Å². The molecule has 0 aromatic carbocycles. The molecule has 0 heterocycles. The summed E-state index contributed by atoms with van der Waals surface area (Å²) in [6.45, 7) is 4.03. The van der Waals surface area contributed by atoms with Gasteiger partial charge in [0.25, 0.3) is 0 Å². The first-order chi connectivity index (χ1) is 12.4. The Morgan fingerprint density at radius 3 is 1.26 bits per heavy atom. The smallest absolute Gasteiger partial charge is 0.746 e. The van der Waals surface area contributed by atoms with Crippen molar-refractivity contribution in [2.45, 2.75) is 134 Å². The maximum atomic E-state index is 11.2. The van der Waals surface area contributed by atoms with Gasteiger partial charge in [0.2, 0.25) is 0 Å². The Hall–Kier alpha value is 1.51. The Bertz CT molecular complexity index is 414. The molecule has 0 spiro atoms. The largest absolute Gasteiger partial charge is 1.00 e. The number of aliphatic hydroxyl groups is 1. The van der Waals surface area contributed by atoms with Crippen molar-refractivity contribution in [2.75, 3.05) is 0 Å². The van der Waals surface area contributed by atoms with E-state index >= 15 is 0 Å². The number of unbranched alkanes of at least 4 members (excludes halogenated alkanes) is 14. The minimum absolute atomic E-state index is 0. The van der Waals surface area contributed by atoms with E-state index in [0.717, 1.165) is 19.3 Å². The van der Waals surface area contributed by atoms with Gasteiger partial charge in [0.05, 0.1) is 0 Å². The summed E-state index contributed by atoms with van der Waals surface area (Å²) in [6, 6.07) is 0. The van der Waals surface area contributed by atoms with Gasteiger partial charge >= 0.3 is 51.4 Å². The first kappa shape index (κ1) is 30.7. The molecule has 1 unspecified atom stereocenters. The molecule has 0 saturated heterocycles. The molecule has 0 aromatic heterocycles. The van der Waals surface area contributed by atoms with Gasteiger partial charge in [-0.3, -0.25) is 0 Å². The molecule has 1 N–H and O–H groups in total. The van der Waals surface area contributed by atoms with Crippen LogP contribution in [-0.2, 0) is 10.1 Å². The van der Waals surface area contributed by atoms with Crippen LogP contribution in [0.3, 0.4) is 0 Å². The maximum absolute atomic E-state index is 11.2. The zero-order chi connectivity index (χ0) is 19.7. The fourth-order valence-corrected chi connectivity index (χ4v) is 4.39. The standard InChI is InChI=1S/C21H44O4S.K/c1-3-5-6-7-8-9-10-11-12-13-14-15-16-17-18-20-21(22,19-4-2)26(23,24)25;/h22H,3-20H2,1-2H3,(H,23,24,25);/q;+1/p-1. The SMILES string of the molecule is CCCCCCCCCCCCCCCCCC(O)(CCC)S(=O)(=O)[O-].[K+]. The molecule has 0 fully saturated rings. The van der Waals surface area contributed by atoms with Crippen molar-refractivity contribution in [3.8, 4) is 0 Å². The van der Waals surface area contributed by atoms with Crippen LogP contribution in [0.2, 0.25) is 0 Å². The summed E-state index contributed by atoms with van der Waals surface area (Å²) in [6.07, 6.45) is 19.1. The van der Waals surface area contributed by atoms with Crippen LogP contribution in [0.15, 0.2) is 0 Å². The molecule has 1 atom stereocenters. The average molecular weight is 431 g/mol. The quantitative estimate of drug-likeness (QED) is 0.194. The molecule has 0 amide bonds. The predicted octanol–water partition coefficient (Wildman–Crippen LogP) is 3.29. The van der Waals surface area contributed by atoms with Gasteiger partial charge in [0, 0.05) is 0 Å². The molecule has 0 saturated carbocycles. The van der Waals surface area contributed by atoms with Gasteiger partial charge in [-0.1, -0.05) is 110 Å². The molecule has 0 aliphatic heterocycles. The van der Waals surface area contributed by atoms with E-state index in [1.54, 1.807) is 6.92 Å². The van der Waals surface area contributed by atoms with Gasteiger partial charge < -0.3 is 9.66 Å². The summed E-state index contributed by atoms with van der Waals surface area (Å²) in [4.78, 5) is -2.06. The fraction of sp³-hybridized carbons (Fsp3) is 1.00. The number of hydrogen-bond acceptors (Lipinski definition) is 4. The van der Waals surface area contributed by atoms with Crippen LogP contribution in [0.4, 0.5) is 0 Å². The van der Waals surface area contributed by atoms with Crippen molar-refractivity contribution in [2.24, 2.45) is 0 Å². The summed E-state index contributed by atoms with van der Waals surface area (Å²) in [5.41, 5.74) is 0.